The van der Waals surface area contributed by atoms with Crippen LogP contribution < -0.4 is 0 Å². The summed E-state index contributed by atoms with van der Waals surface area (Å²) in [6.45, 7) is 1.62. The van der Waals surface area contributed by atoms with Crippen LogP contribution in [0.25, 0.3) is 0 Å². The van der Waals surface area contributed by atoms with Crippen LogP contribution in [0.5, 0.6) is 0 Å². The van der Waals surface area contributed by atoms with Gasteiger partial charge in [0.25, 0.3) is 0 Å². The van der Waals surface area contributed by atoms with E-state index in [0.29, 0.717) is 6.42 Å². The fourth-order valence-electron chi connectivity index (χ4n) is 1.22. The van der Waals surface area contributed by atoms with Gasteiger partial charge in [-0.3, -0.25) is 4.79 Å². The Morgan fingerprint density at radius 3 is 2.13 bits per heavy atom. The molecule has 0 spiro atoms. The lowest BCUT2D eigenvalue weighted by Gasteiger charge is -2.05. The number of benzene rings is 1. The van der Waals surface area contributed by atoms with Crippen molar-refractivity contribution in [1.29, 1.82) is 0 Å². The van der Waals surface area contributed by atoms with E-state index in [1.807, 2.05) is 0 Å². The van der Waals surface area contributed by atoms with Crippen LogP contribution >= 0.6 is 0 Å². The molecule has 1 aromatic rings. The predicted octanol–water partition coefficient (Wildman–Crippen LogP) is 1.65. The summed E-state index contributed by atoms with van der Waals surface area (Å²) in [5, 5.41) is 17.3. The number of aliphatic carboxylic acids is 1. The number of aromatic carboxylic acids is 1. The van der Waals surface area contributed by atoms with Gasteiger partial charge in [0.1, 0.15) is 0 Å². The second kappa shape index (κ2) is 4.59. The molecule has 1 rings (SSSR count). The number of carboxylic acid groups (broad SMARTS) is 2. The largest absolute Gasteiger partial charge is 0.481 e. The van der Waals surface area contributed by atoms with Crippen molar-refractivity contribution < 1.29 is 19.8 Å². The molecule has 0 aromatic heterocycles. The fourth-order valence-corrected chi connectivity index (χ4v) is 1.22. The molecular weight excluding hydrogens is 196 g/mol. The zero-order chi connectivity index (χ0) is 11.4. The molecule has 0 amide bonds. The molecule has 0 fully saturated rings. The Morgan fingerprint density at radius 2 is 1.73 bits per heavy atom. The summed E-state index contributed by atoms with van der Waals surface area (Å²) in [5.41, 5.74) is 1.04. The Bertz CT molecular complexity index is 367. The summed E-state index contributed by atoms with van der Waals surface area (Å²) in [5.74, 6) is -2.29. The molecule has 4 heteroatoms. The molecule has 4 nitrogen and oxygen atoms in total. The molecule has 80 valence electrons. The van der Waals surface area contributed by atoms with Crippen molar-refractivity contribution in [3.8, 4) is 0 Å². The molecular formula is C11H12O4. The minimum absolute atomic E-state index is 0.210. The summed E-state index contributed by atoms with van der Waals surface area (Å²) in [4.78, 5) is 21.1. The Balaban J connectivity index is 2.72. The van der Waals surface area contributed by atoms with Crippen LogP contribution in [0.4, 0.5) is 0 Å². The maximum Gasteiger partial charge on any atom is 0.335 e. The SMILES string of the molecule is C[C@@H](Cc1ccc(C(=O)O)cc1)C(=O)O. The molecule has 0 heterocycles. The lowest BCUT2D eigenvalue weighted by molar-refractivity contribution is -0.141. The van der Waals surface area contributed by atoms with Gasteiger partial charge >= 0.3 is 11.9 Å². The predicted molar refractivity (Wildman–Crippen MR) is 53.9 cm³/mol. The highest BCUT2D eigenvalue weighted by atomic mass is 16.4. The molecule has 0 radical (unpaired) electrons. The van der Waals surface area contributed by atoms with E-state index < -0.39 is 17.9 Å². The van der Waals surface area contributed by atoms with E-state index >= 15 is 0 Å². The number of carboxylic acids is 2. The fraction of sp³-hybridized carbons (Fsp3) is 0.273. The van der Waals surface area contributed by atoms with E-state index in [4.69, 9.17) is 10.2 Å². The van der Waals surface area contributed by atoms with Crippen molar-refractivity contribution in [2.45, 2.75) is 13.3 Å². The highest BCUT2D eigenvalue weighted by Crippen LogP contribution is 2.10. The smallest absolute Gasteiger partial charge is 0.335 e. The molecule has 0 aliphatic rings. The first-order valence-corrected chi connectivity index (χ1v) is 4.55. The van der Waals surface area contributed by atoms with Crippen LogP contribution in [-0.4, -0.2) is 22.2 Å². The Morgan fingerprint density at radius 1 is 1.20 bits per heavy atom. The van der Waals surface area contributed by atoms with Gasteiger partial charge in [0, 0.05) is 0 Å². The molecule has 0 saturated heterocycles. The molecule has 0 saturated carbocycles. The minimum Gasteiger partial charge on any atom is -0.481 e. The zero-order valence-electron chi connectivity index (χ0n) is 8.30. The van der Waals surface area contributed by atoms with E-state index in [2.05, 4.69) is 0 Å². The van der Waals surface area contributed by atoms with Crippen molar-refractivity contribution in [3.05, 3.63) is 35.4 Å². The molecule has 0 unspecified atom stereocenters. The third-order valence-corrected chi connectivity index (χ3v) is 2.16. The number of carbonyl (C=O) groups is 2. The highest BCUT2D eigenvalue weighted by molar-refractivity contribution is 5.87. The van der Waals surface area contributed by atoms with Gasteiger partial charge in [-0.15, -0.1) is 0 Å². The van der Waals surface area contributed by atoms with E-state index in [1.165, 1.54) is 12.1 Å². The second-order valence-corrected chi connectivity index (χ2v) is 3.45. The van der Waals surface area contributed by atoms with Gasteiger partial charge in [0.15, 0.2) is 0 Å². The second-order valence-electron chi connectivity index (χ2n) is 3.45. The standard InChI is InChI=1S/C11H12O4/c1-7(10(12)13)6-8-2-4-9(5-3-8)11(14)15/h2-5,7H,6H2,1H3,(H,12,13)(H,14,15)/t7-/m0/s1. The average Bonchev–Trinajstić information content (AvgIpc) is 2.18. The molecule has 1 aromatic carbocycles. The Kier molecular flexibility index (Phi) is 3.44. The van der Waals surface area contributed by atoms with Gasteiger partial charge in [-0.05, 0) is 24.1 Å². The van der Waals surface area contributed by atoms with Crippen LogP contribution in [0, 0.1) is 5.92 Å². The maximum absolute atomic E-state index is 10.6. The third-order valence-electron chi connectivity index (χ3n) is 2.16. The van der Waals surface area contributed by atoms with Crippen LogP contribution in [0.1, 0.15) is 22.8 Å². The number of hydrogen-bond acceptors (Lipinski definition) is 2. The summed E-state index contributed by atoms with van der Waals surface area (Å²) < 4.78 is 0. The average molecular weight is 208 g/mol. The monoisotopic (exact) mass is 208 g/mol. The van der Waals surface area contributed by atoms with Crippen molar-refractivity contribution >= 4 is 11.9 Å². The van der Waals surface area contributed by atoms with Crippen LogP contribution in [-0.2, 0) is 11.2 Å². The molecule has 0 bridgehead atoms. The zero-order valence-corrected chi connectivity index (χ0v) is 8.30. The lowest BCUT2D eigenvalue weighted by atomic mass is 10.0. The normalized spacial score (nSPS) is 12.1. The quantitative estimate of drug-likeness (QED) is 0.788. The van der Waals surface area contributed by atoms with Crippen molar-refractivity contribution in [1.82, 2.24) is 0 Å². The van der Waals surface area contributed by atoms with E-state index in [9.17, 15) is 9.59 Å². The highest BCUT2D eigenvalue weighted by Gasteiger charge is 2.11. The number of hydrogen-bond donors (Lipinski definition) is 2. The Hall–Kier alpha value is -1.84. The first-order chi connectivity index (χ1) is 7.00. The molecule has 0 aliphatic carbocycles. The minimum atomic E-state index is -0.979. The van der Waals surface area contributed by atoms with Gasteiger partial charge < -0.3 is 10.2 Å². The molecule has 15 heavy (non-hydrogen) atoms. The lowest BCUT2D eigenvalue weighted by Crippen LogP contribution is -2.12. The topological polar surface area (TPSA) is 74.6 Å². The van der Waals surface area contributed by atoms with Gasteiger partial charge in [-0.2, -0.15) is 0 Å². The van der Waals surface area contributed by atoms with Crippen LogP contribution in [0.2, 0.25) is 0 Å². The Labute approximate surface area is 87.2 Å². The summed E-state index contributed by atoms with van der Waals surface area (Å²) in [6, 6.07) is 6.24. The summed E-state index contributed by atoms with van der Waals surface area (Å²) >= 11 is 0. The van der Waals surface area contributed by atoms with E-state index in [-0.39, 0.29) is 5.56 Å². The number of rotatable bonds is 4. The molecule has 2 N–H and O–H groups in total. The maximum atomic E-state index is 10.6. The molecule has 1 atom stereocenters. The first-order valence-electron chi connectivity index (χ1n) is 4.55. The van der Waals surface area contributed by atoms with Crippen molar-refractivity contribution in [2.75, 3.05) is 0 Å². The van der Waals surface area contributed by atoms with E-state index in [0.717, 1.165) is 5.56 Å². The first kappa shape index (κ1) is 11.2. The van der Waals surface area contributed by atoms with Gasteiger partial charge in [0.2, 0.25) is 0 Å². The summed E-state index contributed by atoms with van der Waals surface area (Å²) in [7, 11) is 0. The van der Waals surface area contributed by atoms with Crippen molar-refractivity contribution in [2.24, 2.45) is 5.92 Å². The van der Waals surface area contributed by atoms with Gasteiger partial charge in [-0.25, -0.2) is 4.79 Å². The van der Waals surface area contributed by atoms with E-state index in [1.54, 1.807) is 19.1 Å². The third kappa shape index (κ3) is 3.09. The summed E-state index contributed by atoms with van der Waals surface area (Å²) in [6.07, 6.45) is 0.412. The van der Waals surface area contributed by atoms with Crippen LogP contribution in [0.15, 0.2) is 24.3 Å². The van der Waals surface area contributed by atoms with Gasteiger partial charge in [0.05, 0.1) is 11.5 Å². The van der Waals surface area contributed by atoms with Gasteiger partial charge in [-0.1, -0.05) is 19.1 Å². The van der Waals surface area contributed by atoms with Crippen molar-refractivity contribution in [3.63, 3.8) is 0 Å². The molecule has 0 aliphatic heterocycles. The van der Waals surface area contributed by atoms with Crippen LogP contribution in [0.3, 0.4) is 0 Å².